The molecule has 1 aromatic heterocycles. The van der Waals surface area contributed by atoms with Crippen molar-refractivity contribution >= 4 is 10.9 Å². The summed E-state index contributed by atoms with van der Waals surface area (Å²) in [5.74, 6) is 0. The van der Waals surface area contributed by atoms with Gasteiger partial charge in [0.2, 0.25) is 0 Å². The van der Waals surface area contributed by atoms with Crippen molar-refractivity contribution in [2.45, 2.75) is 32.5 Å². The maximum absolute atomic E-state index is 13.0. The largest absolute Gasteiger partial charge is 0.431 e. The normalized spacial score (nSPS) is 13.3. The minimum Gasteiger partial charge on any atom is -0.332 e. The van der Waals surface area contributed by atoms with Crippen LogP contribution in [-0.2, 0) is 11.7 Å². The molecule has 0 aliphatic carbocycles. The Balaban J connectivity index is 2.84. The van der Waals surface area contributed by atoms with Crippen molar-refractivity contribution < 1.29 is 13.2 Å². The Labute approximate surface area is 97.9 Å². The molecule has 0 radical (unpaired) electrons. The molecule has 17 heavy (non-hydrogen) atoms. The average Bonchev–Trinajstić information content (AvgIpc) is 2.54. The molecule has 0 unspecified atom stereocenters. The fraction of sp³-hybridized carbons (Fsp3) is 0.385. The number of hydrogen-bond donors (Lipinski definition) is 0. The van der Waals surface area contributed by atoms with Crippen molar-refractivity contribution in [2.24, 2.45) is 0 Å². The van der Waals surface area contributed by atoms with Crippen molar-refractivity contribution in [3.05, 3.63) is 36.0 Å². The molecule has 0 N–H and O–H groups in total. The summed E-state index contributed by atoms with van der Waals surface area (Å²) in [6, 6.07) is 8.13. The summed E-state index contributed by atoms with van der Waals surface area (Å²) in [7, 11) is 0. The van der Waals surface area contributed by atoms with E-state index in [0.29, 0.717) is 10.9 Å². The van der Waals surface area contributed by atoms with E-state index in [2.05, 4.69) is 0 Å². The molecule has 1 aromatic carbocycles. The Morgan fingerprint density at radius 2 is 1.59 bits per heavy atom. The van der Waals surface area contributed by atoms with Crippen molar-refractivity contribution in [1.82, 2.24) is 4.57 Å². The summed E-state index contributed by atoms with van der Waals surface area (Å²) in [4.78, 5) is 0. The molecule has 92 valence electrons. The van der Waals surface area contributed by atoms with Gasteiger partial charge < -0.3 is 4.57 Å². The molecule has 0 saturated carbocycles. The predicted molar refractivity (Wildman–Crippen MR) is 61.9 cm³/mol. The Morgan fingerprint density at radius 1 is 1.00 bits per heavy atom. The third-order valence-electron chi connectivity index (χ3n) is 2.67. The van der Waals surface area contributed by atoms with E-state index >= 15 is 0 Å². The lowest BCUT2D eigenvalue weighted by Crippen LogP contribution is -2.27. The van der Waals surface area contributed by atoms with Crippen LogP contribution >= 0.6 is 0 Å². The number of alkyl halides is 3. The van der Waals surface area contributed by atoms with Gasteiger partial charge in [0.1, 0.15) is 5.69 Å². The van der Waals surface area contributed by atoms with E-state index < -0.39 is 17.4 Å². The van der Waals surface area contributed by atoms with E-state index in [0.717, 1.165) is 0 Å². The SMILES string of the molecule is CC(C)(C)n1c(C(F)(F)F)cc2ccccc21. The van der Waals surface area contributed by atoms with Gasteiger partial charge in [0, 0.05) is 16.4 Å². The van der Waals surface area contributed by atoms with Gasteiger partial charge in [-0.25, -0.2) is 0 Å². The Bertz CT molecular complexity index is 544. The topological polar surface area (TPSA) is 4.93 Å². The Morgan fingerprint density at radius 3 is 2.12 bits per heavy atom. The van der Waals surface area contributed by atoms with Gasteiger partial charge in [-0.1, -0.05) is 18.2 Å². The third kappa shape index (κ3) is 2.04. The van der Waals surface area contributed by atoms with E-state index in [1.165, 1.54) is 10.6 Å². The first kappa shape index (κ1) is 12.0. The molecule has 0 aliphatic rings. The minimum atomic E-state index is -4.33. The molecule has 2 aromatic rings. The zero-order valence-electron chi connectivity index (χ0n) is 9.97. The fourth-order valence-corrected chi connectivity index (χ4v) is 2.09. The molecule has 0 atom stereocenters. The van der Waals surface area contributed by atoms with Gasteiger partial charge in [-0.2, -0.15) is 13.2 Å². The number of fused-ring (bicyclic) bond motifs is 1. The average molecular weight is 241 g/mol. The quantitative estimate of drug-likeness (QED) is 0.643. The number of benzene rings is 1. The molecule has 4 heteroatoms. The van der Waals surface area contributed by atoms with Crippen molar-refractivity contribution in [1.29, 1.82) is 0 Å². The van der Waals surface area contributed by atoms with Crippen LogP contribution in [0.4, 0.5) is 13.2 Å². The molecular weight excluding hydrogens is 227 g/mol. The summed E-state index contributed by atoms with van der Waals surface area (Å²) in [5.41, 5.74) is -0.577. The number of aromatic nitrogens is 1. The zero-order chi connectivity index (χ0) is 12.8. The standard InChI is InChI=1S/C13H14F3N/c1-12(2,3)17-10-7-5-4-6-9(10)8-11(17)13(14,15)16/h4-8H,1-3H3. The van der Waals surface area contributed by atoms with Gasteiger partial charge in [0.15, 0.2) is 0 Å². The first-order chi connectivity index (χ1) is 7.71. The summed E-state index contributed by atoms with van der Waals surface area (Å²) in [6.45, 7) is 5.32. The first-order valence-corrected chi connectivity index (χ1v) is 5.39. The summed E-state index contributed by atoms with van der Waals surface area (Å²) in [5, 5.41) is 0.620. The van der Waals surface area contributed by atoms with E-state index in [4.69, 9.17) is 0 Å². The van der Waals surface area contributed by atoms with Crippen molar-refractivity contribution in [3.63, 3.8) is 0 Å². The second kappa shape index (κ2) is 3.52. The maximum atomic E-state index is 13.0. The lowest BCUT2D eigenvalue weighted by molar-refractivity contribution is -0.144. The third-order valence-corrected chi connectivity index (χ3v) is 2.67. The van der Waals surface area contributed by atoms with Gasteiger partial charge in [-0.3, -0.25) is 0 Å². The highest BCUT2D eigenvalue weighted by atomic mass is 19.4. The number of para-hydroxylation sites is 1. The highest BCUT2D eigenvalue weighted by molar-refractivity contribution is 5.81. The highest BCUT2D eigenvalue weighted by Gasteiger charge is 2.37. The highest BCUT2D eigenvalue weighted by Crippen LogP contribution is 2.37. The Hall–Kier alpha value is -1.45. The minimum absolute atomic E-state index is 0.591. The van der Waals surface area contributed by atoms with Crippen molar-refractivity contribution in [3.8, 4) is 0 Å². The monoisotopic (exact) mass is 241 g/mol. The molecule has 0 fully saturated rings. The predicted octanol–water partition coefficient (Wildman–Crippen LogP) is 4.42. The second-order valence-electron chi connectivity index (χ2n) is 5.09. The van der Waals surface area contributed by atoms with E-state index in [1.807, 2.05) is 0 Å². The molecule has 0 amide bonds. The first-order valence-electron chi connectivity index (χ1n) is 5.39. The maximum Gasteiger partial charge on any atom is 0.431 e. The summed E-state index contributed by atoms with van der Waals surface area (Å²) in [6.07, 6.45) is -4.33. The van der Waals surface area contributed by atoms with Crippen LogP contribution in [-0.4, -0.2) is 4.57 Å². The van der Waals surface area contributed by atoms with Crippen LogP contribution in [0, 0.1) is 0 Å². The van der Waals surface area contributed by atoms with Crippen LogP contribution < -0.4 is 0 Å². The number of nitrogens with zero attached hydrogens (tertiary/aromatic N) is 1. The molecule has 0 bridgehead atoms. The van der Waals surface area contributed by atoms with Crippen LogP contribution in [0.25, 0.3) is 10.9 Å². The van der Waals surface area contributed by atoms with E-state index in [-0.39, 0.29) is 0 Å². The number of halogens is 3. The van der Waals surface area contributed by atoms with Gasteiger partial charge in [0.25, 0.3) is 0 Å². The number of hydrogen-bond acceptors (Lipinski definition) is 0. The van der Waals surface area contributed by atoms with Crippen LogP contribution in [0.5, 0.6) is 0 Å². The summed E-state index contributed by atoms with van der Waals surface area (Å²) < 4.78 is 40.3. The van der Waals surface area contributed by atoms with Crippen LogP contribution in [0.15, 0.2) is 30.3 Å². The van der Waals surface area contributed by atoms with E-state index in [9.17, 15) is 13.2 Å². The molecule has 1 nitrogen and oxygen atoms in total. The lowest BCUT2D eigenvalue weighted by Gasteiger charge is -2.26. The van der Waals surface area contributed by atoms with Gasteiger partial charge in [0.05, 0.1) is 0 Å². The number of rotatable bonds is 0. The molecule has 0 saturated heterocycles. The molecule has 0 spiro atoms. The van der Waals surface area contributed by atoms with Gasteiger partial charge in [-0.15, -0.1) is 0 Å². The van der Waals surface area contributed by atoms with Crippen LogP contribution in [0.1, 0.15) is 26.5 Å². The second-order valence-corrected chi connectivity index (χ2v) is 5.09. The molecule has 0 aliphatic heterocycles. The molecular formula is C13H14F3N. The smallest absolute Gasteiger partial charge is 0.332 e. The molecule has 1 heterocycles. The Kier molecular flexibility index (Phi) is 2.49. The summed E-state index contributed by atoms with van der Waals surface area (Å²) >= 11 is 0. The van der Waals surface area contributed by atoms with Gasteiger partial charge >= 0.3 is 6.18 Å². The molecule has 2 rings (SSSR count). The lowest BCUT2D eigenvalue weighted by atomic mass is 10.1. The fourth-order valence-electron chi connectivity index (χ4n) is 2.09. The van der Waals surface area contributed by atoms with Crippen LogP contribution in [0.3, 0.4) is 0 Å². The van der Waals surface area contributed by atoms with Crippen molar-refractivity contribution in [2.75, 3.05) is 0 Å². The van der Waals surface area contributed by atoms with E-state index in [1.54, 1.807) is 45.0 Å². The zero-order valence-corrected chi connectivity index (χ0v) is 9.97. The van der Waals surface area contributed by atoms with Crippen LogP contribution in [0.2, 0.25) is 0 Å². The van der Waals surface area contributed by atoms with Gasteiger partial charge in [-0.05, 0) is 32.9 Å².